The number of hydrogen-bond acceptors (Lipinski definition) is 2. The Morgan fingerprint density at radius 2 is 2.27 bits per heavy atom. The van der Waals surface area contributed by atoms with E-state index in [-0.39, 0.29) is 12.3 Å². The van der Waals surface area contributed by atoms with Crippen molar-refractivity contribution < 1.29 is 9.90 Å². The van der Waals surface area contributed by atoms with Gasteiger partial charge in [0, 0.05) is 10.2 Å². The minimum Gasteiger partial charge on any atom is -0.391 e. The highest BCUT2D eigenvalue weighted by Crippen LogP contribution is 2.28. The van der Waals surface area contributed by atoms with Gasteiger partial charge in [-0.1, -0.05) is 22.0 Å². The highest BCUT2D eigenvalue weighted by atomic mass is 79.9. The molecule has 1 saturated heterocycles. The van der Waals surface area contributed by atoms with Crippen LogP contribution in [0.2, 0.25) is 0 Å². The fourth-order valence-corrected chi connectivity index (χ4v) is 2.14. The van der Waals surface area contributed by atoms with Gasteiger partial charge in [-0.2, -0.15) is 0 Å². The average molecular weight is 270 g/mol. The van der Waals surface area contributed by atoms with Crippen molar-refractivity contribution in [3.8, 4) is 0 Å². The number of carbonyl (C=O) groups is 1. The van der Waals surface area contributed by atoms with Crippen LogP contribution in [0, 0.1) is 6.92 Å². The van der Waals surface area contributed by atoms with E-state index < -0.39 is 6.10 Å². The molecule has 1 fully saturated rings. The topological polar surface area (TPSA) is 40.5 Å². The molecule has 0 spiro atoms. The van der Waals surface area contributed by atoms with Crippen LogP contribution in [0.1, 0.15) is 12.0 Å². The minimum atomic E-state index is -0.532. The Morgan fingerprint density at radius 3 is 2.87 bits per heavy atom. The van der Waals surface area contributed by atoms with Crippen molar-refractivity contribution in [3.63, 3.8) is 0 Å². The molecule has 1 aliphatic rings. The Balaban J connectivity index is 2.37. The van der Waals surface area contributed by atoms with Crippen molar-refractivity contribution in [2.75, 3.05) is 11.4 Å². The first kappa shape index (κ1) is 10.6. The first-order chi connectivity index (χ1) is 7.08. The Labute approximate surface area is 96.8 Å². The van der Waals surface area contributed by atoms with Gasteiger partial charge in [-0.3, -0.25) is 4.79 Å². The van der Waals surface area contributed by atoms with Gasteiger partial charge >= 0.3 is 0 Å². The van der Waals surface area contributed by atoms with E-state index in [4.69, 9.17) is 0 Å². The highest BCUT2D eigenvalue weighted by Gasteiger charge is 2.29. The molecule has 1 aliphatic heterocycles. The van der Waals surface area contributed by atoms with Crippen LogP contribution in [-0.4, -0.2) is 23.7 Å². The van der Waals surface area contributed by atoms with E-state index in [0.29, 0.717) is 6.54 Å². The number of halogens is 1. The minimum absolute atomic E-state index is 0.0105. The standard InChI is InChI=1S/C11H12BrNO2/c1-7-2-3-8(12)4-10(7)13-6-9(14)5-11(13)15/h2-4,9,14H,5-6H2,1H3. The zero-order valence-corrected chi connectivity index (χ0v) is 9.99. The second kappa shape index (κ2) is 3.94. The molecular formula is C11H12BrNO2. The van der Waals surface area contributed by atoms with E-state index in [1.807, 2.05) is 25.1 Å². The molecule has 0 aliphatic carbocycles. The van der Waals surface area contributed by atoms with Crippen LogP contribution >= 0.6 is 15.9 Å². The van der Waals surface area contributed by atoms with Gasteiger partial charge in [0.1, 0.15) is 0 Å². The SMILES string of the molecule is Cc1ccc(Br)cc1N1CC(O)CC1=O. The number of benzene rings is 1. The molecule has 80 valence electrons. The summed E-state index contributed by atoms with van der Waals surface area (Å²) in [5.74, 6) is -0.0105. The molecular weight excluding hydrogens is 258 g/mol. The molecule has 15 heavy (non-hydrogen) atoms. The van der Waals surface area contributed by atoms with E-state index in [1.165, 1.54) is 0 Å². The number of hydrogen-bond donors (Lipinski definition) is 1. The summed E-state index contributed by atoms with van der Waals surface area (Å²) in [5, 5.41) is 9.42. The third-order valence-corrected chi connectivity index (χ3v) is 3.06. The van der Waals surface area contributed by atoms with Crippen molar-refractivity contribution in [2.45, 2.75) is 19.4 Å². The Hall–Kier alpha value is -0.870. The molecule has 0 bridgehead atoms. The summed E-state index contributed by atoms with van der Waals surface area (Å²) < 4.78 is 0.942. The quantitative estimate of drug-likeness (QED) is 0.846. The largest absolute Gasteiger partial charge is 0.391 e. The number of rotatable bonds is 1. The van der Waals surface area contributed by atoms with Gasteiger partial charge in [0.25, 0.3) is 0 Å². The molecule has 0 saturated carbocycles. The van der Waals surface area contributed by atoms with Gasteiger partial charge in [0.05, 0.1) is 19.1 Å². The lowest BCUT2D eigenvalue weighted by atomic mass is 10.2. The van der Waals surface area contributed by atoms with Gasteiger partial charge in [-0.15, -0.1) is 0 Å². The van der Waals surface area contributed by atoms with Crippen LogP contribution in [0.4, 0.5) is 5.69 Å². The molecule has 1 aromatic carbocycles. The van der Waals surface area contributed by atoms with Crippen molar-refractivity contribution >= 4 is 27.5 Å². The van der Waals surface area contributed by atoms with Crippen LogP contribution in [0.15, 0.2) is 22.7 Å². The number of carbonyl (C=O) groups excluding carboxylic acids is 1. The monoisotopic (exact) mass is 269 g/mol. The number of aryl methyl sites for hydroxylation is 1. The Morgan fingerprint density at radius 1 is 1.53 bits per heavy atom. The van der Waals surface area contributed by atoms with E-state index in [9.17, 15) is 9.90 Å². The lowest BCUT2D eigenvalue weighted by molar-refractivity contribution is -0.117. The summed E-state index contributed by atoms with van der Waals surface area (Å²) in [6.07, 6.45) is -0.303. The van der Waals surface area contributed by atoms with Gasteiger partial charge < -0.3 is 10.0 Å². The lowest BCUT2D eigenvalue weighted by Gasteiger charge is -2.18. The zero-order chi connectivity index (χ0) is 11.0. The smallest absolute Gasteiger partial charge is 0.229 e. The van der Waals surface area contributed by atoms with E-state index >= 15 is 0 Å². The molecule has 1 amide bonds. The second-order valence-corrected chi connectivity index (χ2v) is 4.71. The van der Waals surface area contributed by atoms with E-state index in [1.54, 1.807) is 4.90 Å². The molecule has 1 atom stereocenters. The number of aliphatic hydroxyl groups excluding tert-OH is 1. The van der Waals surface area contributed by atoms with Crippen molar-refractivity contribution in [2.24, 2.45) is 0 Å². The van der Waals surface area contributed by atoms with Crippen LogP contribution in [0.25, 0.3) is 0 Å². The number of amides is 1. The highest BCUT2D eigenvalue weighted by molar-refractivity contribution is 9.10. The Kier molecular flexibility index (Phi) is 2.80. The number of β-amino-alcohol motifs (C(OH)–C–C–N with tert-alkyl or cyclic N) is 1. The lowest BCUT2D eigenvalue weighted by Crippen LogP contribution is -2.25. The predicted molar refractivity (Wildman–Crippen MR) is 61.9 cm³/mol. The molecule has 1 N–H and O–H groups in total. The maximum Gasteiger partial charge on any atom is 0.229 e. The third kappa shape index (κ3) is 2.06. The molecule has 2 rings (SSSR count). The molecule has 1 heterocycles. The summed E-state index contributed by atoms with van der Waals surface area (Å²) in [7, 11) is 0. The molecule has 3 nitrogen and oxygen atoms in total. The zero-order valence-electron chi connectivity index (χ0n) is 8.40. The first-order valence-corrected chi connectivity index (χ1v) is 5.62. The molecule has 1 aromatic rings. The predicted octanol–water partition coefficient (Wildman–Crippen LogP) is 1.86. The van der Waals surface area contributed by atoms with Crippen molar-refractivity contribution in [3.05, 3.63) is 28.2 Å². The molecule has 1 unspecified atom stereocenters. The van der Waals surface area contributed by atoms with Gasteiger partial charge in [0.2, 0.25) is 5.91 Å². The van der Waals surface area contributed by atoms with E-state index in [0.717, 1.165) is 15.7 Å². The average Bonchev–Trinajstić information content (AvgIpc) is 2.50. The van der Waals surface area contributed by atoms with Crippen molar-refractivity contribution in [1.82, 2.24) is 0 Å². The van der Waals surface area contributed by atoms with Crippen LogP contribution in [0.3, 0.4) is 0 Å². The number of nitrogens with zero attached hydrogens (tertiary/aromatic N) is 1. The summed E-state index contributed by atoms with van der Waals surface area (Å²) in [6, 6.07) is 5.80. The number of anilines is 1. The van der Waals surface area contributed by atoms with Crippen LogP contribution in [-0.2, 0) is 4.79 Å². The second-order valence-electron chi connectivity index (χ2n) is 3.79. The molecule has 0 radical (unpaired) electrons. The summed E-state index contributed by atoms with van der Waals surface area (Å²) >= 11 is 3.38. The van der Waals surface area contributed by atoms with E-state index in [2.05, 4.69) is 15.9 Å². The summed E-state index contributed by atoms with van der Waals surface area (Å²) in [4.78, 5) is 13.2. The van der Waals surface area contributed by atoms with Gasteiger partial charge in [0.15, 0.2) is 0 Å². The van der Waals surface area contributed by atoms with Crippen LogP contribution in [0.5, 0.6) is 0 Å². The van der Waals surface area contributed by atoms with Gasteiger partial charge in [-0.25, -0.2) is 0 Å². The first-order valence-electron chi connectivity index (χ1n) is 4.82. The maximum absolute atomic E-state index is 11.6. The Bertz CT molecular complexity index is 406. The number of aliphatic hydroxyl groups is 1. The van der Waals surface area contributed by atoms with Crippen LogP contribution < -0.4 is 4.90 Å². The molecule has 0 aromatic heterocycles. The molecule has 4 heteroatoms. The summed E-state index contributed by atoms with van der Waals surface area (Å²) in [5.41, 5.74) is 1.92. The fourth-order valence-electron chi connectivity index (χ4n) is 1.79. The normalized spacial score (nSPS) is 21.1. The van der Waals surface area contributed by atoms with Crippen molar-refractivity contribution in [1.29, 1.82) is 0 Å². The fraction of sp³-hybridized carbons (Fsp3) is 0.364. The summed E-state index contributed by atoms with van der Waals surface area (Å²) in [6.45, 7) is 2.36. The maximum atomic E-state index is 11.6. The van der Waals surface area contributed by atoms with Gasteiger partial charge in [-0.05, 0) is 24.6 Å². The third-order valence-electron chi connectivity index (χ3n) is 2.57.